The van der Waals surface area contributed by atoms with Gasteiger partial charge in [0.25, 0.3) is 0 Å². The van der Waals surface area contributed by atoms with Gasteiger partial charge < -0.3 is 15.4 Å². The van der Waals surface area contributed by atoms with E-state index in [1.807, 2.05) is 11.8 Å². The number of hydrogen-bond donors (Lipinski definition) is 1. The van der Waals surface area contributed by atoms with Crippen molar-refractivity contribution >= 4 is 24.0 Å². The number of carbonyl (C=O) groups is 1. The zero-order valence-electron chi connectivity index (χ0n) is 13.7. The molecule has 0 radical (unpaired) electrons. The first-order chi connectivity index (χ1) is 11.0. The summed E-state index contributed by atoms with van der Waals surface area (Å²) in [5, 5.41) is 10.9. The van der Waals surface area contributed by atoms with Gasteiger partial charge in [0.2, 0.25) is 5.91 Å². The van der Waals surface area contributed by atoms with Crippen LogP contribution in [0.5, 0.6) is 5.75 Å². The number of nitro benzene ring substituents is 1. The molecule has 1 aromatic rings. The van der Waals surface area contributed by atoms with Crippen LogP contribution in [0.3, 0.4) is 0 Å². The molecule has 1 atom stereocenters. The first kappa shape index (κ1) is 20.2. The fraction of sp³-hybridized carbons (Fsp3) is 0.562. The molecule has 1 unspecified atom stereocenters. The highest BCUT2D eigenvalue weighted by atomic mass is 35.5. The third-order valence-electron chi connectivity index (χ3n) is 4.27. The van der Waals surface area contributed by atoms with Gasteiger partial charge in [-0.2, -0.15) is 0 Å². The molecule has 7 nitrogen and oxygen atoms in total. The summed E-state index contributed by atoms with van der Waals surface area (Å²) < 4.78 is 5.41. The number of nitrogens with zero attached hydrogens (tertiary/aromatic N) is 2. The molecule has 0 saturated carbocycles. The molecule has 2 rings (SSSR count). The average molecular weight is 358 g/mol. The molecule has 1 saturated heterocycles. The van der Waals surface area contributed by atoms with E-state index in [9.17, 15) is 14.9 Å². The topological polar surface area (TPSA) is 98.7 Å². The molecule has 1 aliphatic heterocycles. The number of rotatable bonds is 6. The van der Waals surface area contributed by atoms with Crippen molar-refractivity contribution in [3.8, 4) is 5.75 Å². The highest BCUT2D eigenvalue weighted by Crippen LogP contribution is 2.26. The summed E-state index contributed by atoms with van der Waals surface area (Å²) in [6.45, 7) is 3.58. The molecule has 134 valence electrons. The Bertz CT molecular complexity index is 560. The van der Waals surface area contributed by atoms with Crippen LogP contribution in [-0.4, -0.2) is 41.5 Å². The molecular weight excluding hydrogens is 334 g/mol. The number of piperidine rings is 1. The van der Waals surface area contributed by atoms with Crippen molar-refractivity contribution in [2.45, 2.75) is 32.2 Å². The third-order valence-corrected chi connectivity index (χ3v) is 4.27. The van der Waals surface area contributed by atoms with Gasteiger partial charge >= 0.3 is 5.69 Å². The first-order valence-electron chi connectivity index (χ1n) is 7.88. The van der Waals surface area contributed by atoms with Gasteiger partial charge in [-0.1, -0.05) is 12.1 Å². The highest BCUT2D eigenvalue weighted by Gasteiger charge is 2.24. The van der Waals surface area contributed by atoms with E-state index < -0.39 is 4.92 Å². The van der Waals surface area contributed by atoms with Crippen molar-refractivity contribution in [1.82, 2.24) is 4.90 Å². The Hall–Kier alpha value is -1.86. The Morgan fingerprint density at radius 3 is 2.62 bits per heavy atom. The summed E-state index contributed by atoms with van der Waals surface area (Å²) in [4.78, 5) is 24.4. The summed E-state index contributed by atoms with van der Waals surface area (Å²) in [6, 6.07) is 6.34. The molecule has 0 spiro atoms. The maximum Gasteiger partial charge on any atom is 0.310 e. The molecule has 1 aromatic carbocycles. The fourth-order valence-electron chi connectivity index (χ4n) is 2.81. The van der Waals surface area contributed by atoms with Crippen molar-refractivity contribution in [2.75, 3.05) is 19.7 Å². The van der Waals surface area contributed by atoms with Gasteiger partial charge in [0.1, 0.15) is 0 Å². The number of para-hydroxylation sites is 2. The lowest BCUT2D eigenvalue weighted by Gasteiger charge is -2.33. The minimum atomic E-state index is -0.490. The summed E-state index contributed by atoms with van der Waals surface area (Å²) in [5.74, 6) is 0.690. The number of nitro groups is 1. The largest absolute Gasteiger partial charge is 0.486 e. The molecule has 1 aliphatic rings. The van der Waals surface area contributed by atoms with Crippen molar-refractivity contribution < 1.29 is 14.5 Å². The van der Waals surface area contributed by atoms with Crippen LogP contribution in [0.15, 0.2) is 24.3 Å². The van der Waals surface area contributed by atoms with E-state index >= 15 is 0 Å². The lowest BCUT2D eigenvalue weighted by atomic mass is 9.91. The van der Waals surface area contributed by atoms with E-state index in [0.29, 0.717) is 5.92 Å². The molecule has 1 amide bonds. The van der Waals surface area contributed by atoms with E-state index in [0.717, 1.165) is 25.9 Å². The Morgan fingerprint density at radius 2 is 2.04 bits per heavy atom. The second-order valence-electron chi connectivity index (χ2n) is 5.90. The minimum Gasteiger partial charge on any atom is -0.486 e. The van der Waals surface area contributed by atoms with Gasteiger partial charge in [-0.3, -0.25) is 14.9 Å². The van der Waals surface area contributed by atoms with E-state index in [2.05, 4.69) is 0 Å². The molecule has 0 aliphatic carbocycles. The zero-order chi connectivity index (χ0) is 16.8. The van der Waals surface area contributed by atoms with Crippen LogP contribution in [0.2, 0.25) is 0 Å². The monoisotopic (exact) mass is 357 g/mol. The average Bonchev–Trinajstić information content (AvgIpc) is 2.55. The van der Waals surface area contributed by atoms with Gasteiger partial charge in [0, 0.05) is 25.2 Å². The highest BCUT2D eigenvalue weighted by molar-refractivity contribution is 5.85. The predicted octanol–water partition coefficient (Wildman–Crippen LogP) is 2.37. The van der Waals surface area contributed by atoms with Crippen molar-refractivity contribution in [3.63, 3.8) is 0 Å². The molecule has 0 bridgehead atoms. The van der Waals surface area contributed by atoms with E-state index in [-0.39, 0.29) is 48.8 Å². The van der Waals surface area contributed by atoms with Crippen LogP contribution >= 0.6 is 12.4 Å². The maximum absolute atomic E-state index is 12.2. The van der Waals surface area contributed by atoms with E-state index in [1.165, 1.54) is 12.1 Å². The second kappa shape index (κ2) is 9.44. The van der Waals surface area contributed by atoms with Crippen LogP contribution in [0.4, 0.5) is 5.69 Å². The standard InChI is InChI=1S/C16H23N3O4.ClH/c1-12(17)13-6-9-18(10-7-13)16(20)8-11-23-15-5-3-2-4-14(15)19(21)22;/h2-5,12-13H,6-11,17H2,1H3;1H. The molecule has 0 aromatic heterocycles. The minimum absolute atomic E-state index is 0. The fourth-order valence-corrected chi connectivity index (χ4v) is 2.81. The number of hydrogen-bond acceptors (Lipinski definition) is 5. The van der Waals surface area contributed by atoms with Crippen LogP contribution in [-0.2, 0) is 4.79 Å². The Balaban J connectivity index is 0.00000288. The van der Waals surface area contributed by atoms with Gasteiger partial charge in [-0.15, -0.1) is 12.4 Å². The maximum atomic E-state index is 12.2. The SMILES string of the molecule is CC(N)C1CCN(C(=O)CCOc2ccccc2[N+](=O)[O-])CC1.Cl. The van der Waals surface area contributed by atoms with Gasteiger partial charge in [0.05, 0.1) is 18.0 Å². The molecular formula is C16H24ClN3O4. The van der Waals surface area contributed by atoms with Crippen LogP contribution in [0.1, 0.15) is 26.2 Å². The molecule has 2 N–H and O–H groups in total. The number of nitrogens with two attached hydrogens (primary N) is 1. The van der Waals surface area contributed by atoms with Crippen molar-refractivity contribution in [3.05, 3.63) is 34.4 Å². The number of ether oxygens (including phenoxy) is 1. The van der Waals surface area contributed by atoms with Gasteiger partial charge in [-0.05, 0) is 31.7 Å². The number of carbonyl (C=O) groups excluding carboxylic acids is 1. The van der Waals surface area contributed by atoms with E-state index in [1.54, 1.807) is 12.1 Å². The zero-order valence-corrected chi connectivity index (χ0v) is 14.5. The Morgan fingerprint density at radius 1 is 1.42 bits per heavy atom. The lowest BCUT2D eigenvalue weighted by Crippen LogP contribution is -2.42. The van der Waals surface area contributed by atoms with Crippen LogP contribution in [0.25, 0.3) is 0 Å². The first-order valence-corrected chi connectivity index (χ1v) is 7.88. The van der Waals surface area contributed by atoms with Gasteiger partial charge in [0.15, 0.2) is 5.75 Å². The molecule has 1 fully saturated rings. The summed E-state index contributed by atoms with van der Waals surface area (Å²) in [7, 11) is 0. The normalized spacial score (nSPS) is 16.2. The van der Waals surface area contributed by atoms with Crippen molar-refractivity contribution in [2.24, 2.45) is 11.7 Å². The number of likely N-dealkylation sites (tertiary alicyclic amines) is 1. The smallest absolute Gasteiger partial charge is 0.310 e. The quantitative estimate of drug-likeness (QED) is 0.622. The number of amides is 1. The second-order valence-corrected chi connectivity index (χ2v) is 5.90. The molecule has 8 heteroatoms. The third kappa shape index (κ3) is 5.35. The predicted molar refractivity (Wildman–Crippen MR) is 93.4 cm³/mol. The summed E-state index contributed by atoms with van der Waals surface area (Å²) in [6.07, 6.45) is 2.07. The van der Waals surface area contributed by atoms with Crippen LogP contribution in [0, 0.1) is 16.0 Å². The summed E-state index contributed by atoms with van der Waals surface area (Å²) >= 11 is 0. The molecule has 24 heavy (non-hydrogen) atoms. The summed E-state index contributed by atoms with van der Waals surface area (Å²) in [5.41, 5.74) is 5.81. The lowest BCUT2D eigenvalue weighted by molar-refractivity contribution is -0.385. The Labute approximate surface area is 147 Å². The van der Waals surface area contributed by atoms with Gasteiger partial charge in [-0.25, -0.2) is 0 Å². The van der Waals surface area contributed by atoms with Crippen molar-refractivity contribution in [1.29, 1.82) is 0 Å². The van der Waals surface area contributed by atoms with E-state index in [4.69, 9.17) is 10.5 Å². The molecule has 1 heterocycles. The Kier molecular flexibility index (Phi) is 7.94. The number of halogens is 1. The van der Waals surface area contributed by atoms with Crippen LogP contribution < -0.4 is 10.5 Å². The number of benzene rings is 1.